The number of carboxylic acid groups (broad SMARTS) is 7. The zero-order valence-electron chi connectivity index (χ0n) is 90.3. The van der Waals surface area contributed by atoms with E-state index in [0.29, 0.717) is 0 Å². The Kier molecular flexibility index (Phi) is 57.8. The normalized spacial score (nSPS) is 21.7. The molecule has 0 bridgehead atoms. The summed E-state index contributed by atoms with van der Waals surface area (Å²) in [7, 11) is 9.09. The molecule has 1 unspecified atom stereocenters. The van der Waals surface area contributed by atoms with Crippen molar-refractivity contribution in [3.63, 3.8) is 0 Å². The number of hydrogen-bond acceptors (Lipinski definition) is 27. The van der Waals surface area contributed by atoms with E-state index < -0.39 is 414 Å². The standard InChI is InChI=1S/C102H164N12O34/c1-25-62-47-80(121)90(91(136)58(14)44-70(102(147)148)104-81(122)33-32-75(116)67(29-37-86(130)131)105-94(139)64(27-35-84(126)127)48-77(118)69(31-39-88(134)135)107-95(140)65(28-36-85(128)129)49-76(117)68(30-38-87(132)133)106-93(138)63(46-60(16)115)26-34-83(124)125)114(24)101(146)89(57(12)13)113(23)100(145)74(43-55(8)9)112(22)99(144)73(42-54(6)7)111(21)96(141)61(17)103-92(137)59(15)45-78(119)72(41-53(4)5)110(20)98(143)66(56(10)11)50-79(120)71(40-52(2)3)109(19)82(123)51-108(18)97(62)142/h52-59,61-74,89-91,136H,25-51H2,1-24H3,(H,103,137)(H,104,122)(H,105,139)(H,106,138)(H,107,140)(H,124,125)(H,126,127)(H,128,129)(H,130,131)(H,132,133)(H,134,135)(H,147,148)/t58-,59-,61-,62-,63+,64+,65+,66+,67-,68-,69-,70?,71+,72+,73+,74+,89+,90-,91-/m1/s1. The van der Waals surface area contributed by atoms with E-state index in [9.17, 15) is 146 Å². The molecule has 0 radical (unpaired) electrons. The van der Waals surface area contributed by atoms with Gasteiger partial charge in [0.2, 0.25) is 70.9 Å². The Morgan fingerprint density at radius 2 is 0.730 bits per heavy atom. The zero-order chi connectivity index (χ0) is 114. The summed E-state index contributed by atoms with van der Waals surface area (Å²) >= 11 is 0. The number of carbonyl (C=O) groups excluding carboxylic acids is 19. The van der Waals surface area contributed by atoms with E-state index in [1.807, 2.05) is 13.8 Å². The van der Waals surface area contributed by atoms with Gasteiger partial charge in [0.05, 0.1) is 42.9 Å². The third-order valence-corrected chi connectivity index (χ3v) is 26.9. The van der Waals surface area contributed by atoms with E-state index >= 15 is 19.2 Å². The second-order valence-electron chi connectivity index (χ2n) is 42.0. The minimum Gasteiger partial charge on any atom is -0.481 e. The van der Waals surface area contributed by atoms with Gasteiger partial charge in [0.25, 0.3) is 0 Å². The predicted octanol–water partition coefficient (Wildman–Crippen LogP) is 4.27. The number of amides is 12. The van der Waals surface area contributed by atoms with Crippen molar-refractivity contribution in [3.8, 4) is 0 Å². The molecule has 0 aliphatic carbocycles. The van der Waals surface area contributed by atoms with Crippen LogP contribution in [0.4, 0.5) is 0 Å². The molecule has 148 heavy (non-hydrogen) atoms. The molecule has 1 fully saturated rings. The maximum atomic E-state index is 15.8. The van der Waals surface area contributed by atoms with Crippen molar-refractivity contribution in [2.45, 2.75) is 357 Å². The van der Waals surface area contributed by atoms with Crippen LogP contribution in [0.25, 0.3) is 0 Å². The highest BCUT2D eigenvalue weighted by Crippen LogP contribution is 2.32. The molecule has 1 aliphatic heterocycles. The highest BCUT2D eigenvalue weighted by atomic mass is 16.4. The lowest BCUT2D eigenvalue weighted by atomic mass is 9.84. The van der Waals surface area contributed by atoms with Gasteiger partial charge in [0, 0.05) is 175 Å². The number of likely N-dealkylation sites (N-methyl/N-ethyl adjacent to an activating group) is 7. The molecule has 13 N–H and O–H groups in total. The highest BCUT2D eigenvalue weighted by molar-refractivity contribution is 6.02. The van der Waals surface area contributed by atoms with Crippen LogP contribution in [-0.4, -0.2) is 357 Å². The van der Waals surface area contributed by atoms with E-state index in [2.05, 4.69) is 26.6 Å². The summed E-state index contributed by atoms with van der Waals surface area (Å²) in [5.41, 5.74) is 0. The Balaban J connectivity index is 4.32. The summed E-state index contributed by atoms with van der Waals surface area (Å²) in [4.78, 5) is 369. The van der Waals surface area contributed by atoms with Gasteiger partial charge in [0.1, 0.15) is 42.0 Å². The summed E-state index contributed by atoms with van der Waals surface area (Å²) in [5.74, 6) is -40.6. The minimum atomic E-state index is -2.18. The van der Waals surface area contributed by atoms with E-state index in [0.717, 1.165) is 43.4 Å². The molecule has 46 heteroatoms. The van der Waals surface area contributed by atoms with Gasteiger partial charge in [-0.25, -0.2) is 4.79 Å². The number of nitrogens with zero attached hydrogens (tertiary/aromatic N) is 7. The Morgan fingerprint density at radius 3 is 1.11 bits per heavy atom. The molecule has 12 amide bonds. The number of ketones is 7. The smallest absolute Gasteiger partial charge is 0.326 e. The predicted molar refractivity (Wildman–Crippen MR) is 533 cm³/mol. The molecule has 0 saturated carbocycles. The van der Waals surface area contributed by atoms with Crippen molar-refractivity contribution >= 4 is 153 Å². The van der Waals surface area contributed by atoms with Gasteiger partial charge in [-0.2, -0.15) is 0 Å². The van der Waals surface area contributed by atoms with Gasteiger partial charge in [-0.3, -0.25) is 115 Å². The monoisotopic (exact) mass is 2100 g/mol. The summed E-state index contributed by atoms with van der Waals surface area (Å²) in [5, 5.41) is 93.3. The number of hydrogen-bond donors (Lipinski definition) is 13. The summed E-state index contributed by atoms with van der Waals surface area (Å²) in [6, 6.07) is -17.7. The second-order valence-corrected chi connectivity index (χ2v) is 42.0. The van der Waals surface area contributed by atoms with Crippen LogP contribution in [0, 0.1) is 76.9 Å². The SMILES string of the molecule is CC[C@@H]1CC(=O)[C@H]([C@H](O)[C@H](C)CC(NC(=O)CCC(=O)[C@@H](CCC(=O)O)NC(=O)[C@@H](CCC(=O)O)CC(=O)[C@@H](CCC(=O)O)NC(=O)[C@@H](CCC(=O)O)CC(=O)[C@@H](CCC(=O)O)NC(=O)[C@@H](CCC(=O)O)CC(C)=O)C(=O)O)N(C)C(=O)[C@H](C(C)C)N(C)C(=O)[C@H](CC(C)C)N(C)C(=O)[C@H](CC(C)C)N(C)C(=O)[C@@H](C)NC(=O)[C@H](C)CC(=O)[C@H](CC(C)C)N(C)C(=O)[C@H](C(C)C)CC(=O)[C@H](CC(C)C)N(C)C(=O)CN(C)C1=O. The number of aliphatic hydroxyl groups excluding tert-OH is 1. The van der Waals surface area contributed by atoms with Crippen molar-refractivity contribution < 1.29 is 166 Å². The fourth-order valence-electron chi connectivity index (χ4n) is 18.0. The van der Waals surface area contributed by atoms with Crippen LogP contribution in [-0.2, 0) is 125 Å². The van der Waals surface area contributed by atoms with Gasteiger partial charge in [-0.1, -0.05) is 104 Å². The average Bonchev–Trinajstić information content (AvgIpc) is 0.791. The molecule has 1 heterocycles. The van der Waals surface area contributed by atoms with E-state index in [1.54, 1.807) is 69.2 Å². The maximum absolute atomic E-state index is 15.8. The Hall–Kier alpha value is -12.4. The number of aliphatic hydroxyl groups is 1. The second kappa shape index (κ2) is 64.1. The van der Waals surface area contributed by atoms with Gasteiger partial charge < -0.3 is 107 Å². The quantitative estimate of drug-likeness (QED) is 0.0404. The first-order valence-electron chi connectivity index (χ1n) is 50.7. The molecular weight excluding hydrogens is 1940 g/mol. The van der Waals surface area contributed by atoms with Gasteiger partial charge >= 0.3 is 41.8 Å². The largest absolute Gasteiger partial charge is 0.481 e. The number of nitrogens with one attached hydrogen (secondary N) is 5. The average molecular weight is 2100 g/mol. The summed E-state index contributed by atoms with van der Waals surface area (Å²) in [6.07, 6.45) is -18.3. The van der Waals surface area contributed by atoms with Crippen molar-refractivity contribution in [2.24, 2.45) is 76.9 Å². The lowest BCUT2D eigenvalue weighted by Crippen LogP contribution is -2.62. The number of rotatable bonds is 53. The van der Waals surface area contributed by atoms with Crippen LogP contribution in [0.5, 0.6) is 0 Å². The number of carboxylic acids is 7. The fourth-order valence-corrected chi connectivity index (χ4v) is 18.0. The zero-order valence-corrected chi connectivity index (χ0v) is 90.3. The van der Waals surface area contributed by atoms with Crippen LogP contribution in [0.15, 0.2) is 0 Å². The molecule has 0 aromatic carbocycles. The fraction of sp³-hybridized carbons (Fsp3) is 0.745. The molecule has 19 atom stereocenters. The maximum Gasteiger partial charge on any atom is 0.326 e. The lowest BCUT2D eigenvalue weighted by Gasteiger charge is -2.42. The van der Waals surface area contributed by atoms with Crippen molar-refractivity contribution in [1.82, 2.24) is 60.9 Å². The molecule has 0 aromatic rings. The molecular formula is C102H164N12O34. The van der Waals surface area contributed by atoms with Gasteiger partial charge in [-0.05, 0) is 132 Å². The number of carbonyl (C=O) groups is 26. The first-order valence-corrected chi connectivity index (χ1v) is 50.7. The van der Waals surface area contributed by atoms with E-state index in [-0.39, 0.29) is 62.2 Å². The molecule has 0 spiro atoms. The molecule has 1 aliphatic rings. The van der Waals surface area contributed by atoms with Crippen LogP contribution >= 0.6 is 0 Å². The lowest BCUT2D eigenvalue weighted by molar-refractivity contribution is -0.157. The third-order valence-electron chi connectivity index (χ3n) is 26.9. The molecule has 46 nitrogen and oxygen atoms in total. The van der Waals surface area contributed by atoms with Crippen LogP contribution in [0.3, 0.4) is 0 Å². The van der Waals surface area contributed by atoms with Crippen molar-refractivity contribution in [1.29, 1.82) is 0 Å². The van der Waals surface area contributed by atoms with Crippen LogP contribution in [0.1, 0.15) is 285 Å². The third kappa shape index (κ3) is 44.9. The van der Waals surface area contributed by atoms with E-state index in [4.69, 9.17) is 0 Å². The van der Waals surface area contributed by atoms with Crippen LogP contribution < -0.4 is 26.6 Å². The van der Waals surface area contributed by atoms with Gasteiger partial charge in [-0.15, -0.1) is 0 Å². The Morgan fingerprint density at radius 1 is 0.372 bits per heavy atom. The Labute approximate surface area is 865 Å². The molecule has 1 rings (SSSR count). The Bertz CT molecular complexity index is 4680. The summed E-state index contributed by atoms with van der Waals surface area (Å²) in [6.45, 7) is 26.9. The highest BCUT2D eigenvalue weighted by Gasteiger charge is 2.48. The minimum absolute atomic E-state index is 0.0160. The van der Waals surface area contributed by atoms with Crippen molar-refractivity contribution in [2.75, 3.05) is 55.9 Å². The molecule has 836 valence electrons. The first kappa shape index (κ1) is 134. The topological polar surface area (TPSA) is 688 Å². The number of aliphatic carboxylic acids is 7. The first-order chi connectivity index (χ1) is 68.5. The summed E-state index contributed by atoms with van der Waals surface area (Å²) < 4.78 is 0. The number of Topliss-reactive ketones (excluding diaryl/α,β-unsaturated/α-hetero) is 7. The van der Waals surface area contributed by atoms with Crippen molar-refractivity contribution in [3.05, 3.63) is 0 Å². The molecule has 0 aromatic heterocycles. The molecule has 1 saturated heterocycles. The van der Waals surface area contributed by atoms with Gasteiger partial charge in [0.15, 0.2) is 34.7 Å². The van der Waals surface area contributed by atoms with Crippen LogP contribution in [0.2, 0.25) is 0 Å². The van der Waals surface area contributed by atoms with E-state index in [1.165, 1.54) is 74.9 Å².